The Morgan fingerprint density at radius 3 is 2.77 bits per heavy atom. The lowest BCUT2D eigenvalue weighted by Crippen LogP contribution is -2.27. The average Bonchev–Trinajstić information content (AvgIpc) is 3.04. The van der Waals surface area contributed by atoms with Crippen molar-refractivity contribution in [3.8, 4) is 22.0 Å². The lowest BCUT2D eigenvalue weighted by Gasteiger charge is -2.15. The maximum atomic E-state index is 11.9. The molecule has 1 N–H and O–H groups in total. The zero-order valence-electron chi connectivity index (χ0n) is 14.9. The molecule has 26 heavy (non-hydrogen) atoms. The number of hydrogen-bond acceptors (Lipinski definition) is 5. The van der Waals surface area contributed by atoms with E-state index in [0.29, 0.717) is 5.13 Å². The van der Waals surface area contributed by atoms with Crippen molar-refractivity contribution in [2.24, 2.45) is 0 Å². The summed E-state index contributed by atoms with van der Waals surface area (Å²) in [7, 11) is 3.42. The van der Waals surface area contributed by atoms with Gasteiger partial charge in [0.1, 0.15) is 0 Å². The largest absolute Gasteiger partial charge is 0.331 e. The fourth-order valence-electron chi connectivity index (χ4n) is 2.96. The standard InChI is InChI=1S/C19H19N5OS/c1-11-6-4-5-7-13(11)17-20-10-12-8-9-14-16(15(12)22-17)26-18(21-14)23-19(25)24(2)3/h4-7,10H,8-9H2,1-3H3,(H,21,23,25). The van der Waals surface area contributed by atoms with Crippen LogP contribution in [0.4, 0.5) is 9.93 Å². The van der Waals surface area contributed by atoms with Gasteiger partial charge in [0.25, 0.3) is 0 Å². The van der Waals surface area contributed by atoms with Crippen LogP contribution in [0.1, 0.15) is 16.8 Å². The second-order valence-electron chi connectivity index (χ2n) is 6.50. The Morgan fingerprint density at radius 1 is 1.19 bits per heavy atom. The number of hydrogen-bond donors (Lipinski definition) is 1. The van der Waals surface area contributed by atoms with E-state index >= 15 is 0 Å². The minimum Gasteiger partial charge on any atom is -0.331 e. The third-order valence-electron chi connectivity index (χ3n) is 4.41. The number of aryl methyl sites for hydroxylation is 3. The number of amides is 2. The lowest BCUT2D eigenvalue weighted by molar-refractivity contribution is 0.230. The Hall–Kier alpha value is -2.80. The van der Waals surface area contributed by atoms with E-state index in [9.17, 15) is 4.79 Å². The van der Waals surface area contributed by atoms with Crippen LogP contribution >= 0.6 is 11.3 Å². The molecule has 0 bridgehead atoms. The zero-order chi connectivity index (χ0) is 18.3. The van der Waals surface area contributed by atoms with Crippen LogP contribution in [-0.2, 0) is 12.8 Å². The fraction of sp³-hybridized carbons (Fsp3) is 0.263. The number of carbonyl (C=O) groups excluding carboxylic acids is 1. The van der Waals surface area contributed by atoms with Gasteiger partial charge in [0, 0.05) is 25.9 Å². The molecular weight excluding hydrogens is 346 g/mol. The molecule has 0 aliphatic heterocycles. The zero-order valence-corrected chi connectivity index (χ0v) is 15.7. The highest BCUT2D eigenvalue weighted by atomic mass is 32.1. The van der Waals surface area contributed by atoms with Gasteiger partial charge in [-0.2, -0.15) is 0 Å². The minimum absolute atomic E-state index is 0.181. The lowest BCUT2D eigenvalue weighted by atomic mass is 9.99. The number of benzene rings is 1. The van der Waals surface area contributed by atoms with Crippen LogP contribution in [0, 0.1) is 6.92 Å². The normalized spacial score (nSPS) is 12.3. The highest BCUT2D eigenvalue weighted by Crippen LogP contribution is 2.39. The van der Waals surface area contributed by atoms with Crippen molar-refractivity contribution in [2.75, 3.05) is 19.4 Å². The Labute approximate surface area is 155 Å². The molecule has 4 rings (SSSR count). The summed E-state index contributed by atoms with van der Waals surface area (Å²) < 4.78 is 0. The molecule has 1 aliphatic rings. The quantitative estimate of drug-likeness (QED) is 0.750. The van der Waals surface area contributed by atoms with Gasteiger partial charge in [-0.15, -0.1) is 0 Å². The van der Waals surface area contributed by atoms with Gasteiger partial charge in [0.15, 0.2) is 11.0 Å². The smallest absolute Gasteiger partial charge is 0.323 e. The molecule has 2 aromatic heterocycles. The van der Waals surface area contributed by atoms with E-state index in [-0.39, 0.29) is 6.03 Å². The van der Waals surface area contributed by atoms with Crippen molar-refractivity contribution in [3.63, 3.8) is 0 Å². The van der Waals surface area contributed by atoms with Crippen LogP contribution in [0.5, 0.6) is 0 Å². The van der Waals surface area contributed by atoms with Crippen LogP contribution in [0.25, 0.3) is 22.0 Å². The Bertz CT molecular complexity index is 995. The number of anilines is 1. The van der Waals surface area contributed by atoms with Crippen molar-refractivity contribution >= 4 is 22.5 Å². The second kappa shape index (κ2) is 6.49. The molecule has 0 spiro atoms. The van der Waals surface area contributed by atoms with Gasteiger partial charge in [0.2, 0.25) is 0 Å². The van der Waals surface area contributed by atoms with Gasteiger partial charge in [-0.05, 0) is 30.9 Å². The van der Waals surface area contributed by atoms with Crippen LogP contribution in [0.15, 0.2) is 30.5 Å². The summed E-state index contributed by atoms with van der Waals surface area (Å²) >= 11 is 1.47. The van der Waals surface area contributed by atoms with E-state index in [1.807, 2.05) is 24.4 Å². The molecule has 132 valence electrons. The third-order valence-corrected chi connectivity index (χ3v) is 5.43. The third kappa shape index (κ3) is 2.94. The number of thiazole rings is 1. The maximum Gasteiger partial charge on any atom is 0.323 e. The van der Waals surface area contributed by atoms with Gasteiger partial charge < -0.3 is 4.90 Å². The van der Waals surface area contributed by atoms with Crippen LogP contribution in [-0.4, -0.2) is 40.0 Å². The first-order valence-electron chi connectivity index (χ1n) is 8.43. The topological polar surface area (TPSA) is 71.0 Å². The predicted molar refractivity (Wildman–Crippen MR) is 103 cm³/mol. The van der Waals surface area contributed by atoms with Crippen molar-refractivity contribution in [1.82, 2.24) is 19.9 Å². The van der Waals surface area contributed by atoms with Crippen molar-refractivity contribution in [3.05, 3.63) is 47.3 Å². The number of nitrogens with zero attached hydrogens (tertiary/aromatic N) is 4. The number of nitrogens with one attached hydrogen (secondary N) is 1. The molecule has 6 nitrogen and oxygen atoms in total. The molecular formula is C19H19N5OS. The first-order chi connectivity index (χ1) is 12.5. The molecule has 0 radical (unpaired) electrons. The summed E-state index contributed by atoms with van der Waals surface area (Å²) in [5.74, 6) is 0.724. The SMILES string of the molecule is Cc1ccccc1-c1ncc2c(n1)-c1sc(NC(=O)N(C)C)nc1CC2. The summed E-state index contributed by atoms with van der Waals surface area (Å²) in [6.07, 6.45) is 3.62. The first-order valence-corrected chi connectivity index (χ1v) is 9.25. The van der Waals surface area contributed by atoms with Gasteiger partial charge >= 0.3 is 6.03 Å². The predicted octanol–water partition coefficient (Wildman–Crippen LogP) is 3.77. The van der Waals surface area contributed by atoms with Gasteiger partial charge in [-0.25, -0.2) is 19.7 Å². The summed E-state index contributed by atoms with van der Waals surface area (Å²) in [5.41, 5.74) is 5.23. The average molecular weight is 365 g/mol. The molecule has 0 fully saturated rings. The van der Waals surface area contributed by atoms with Gasteiger partial charge in [-0.1, -0.05) is 35.6 Å². The number of fused-ring (bicyclic) bond motifs is 3. The molecule has 2 amide bonds. The Kier molecular flexibility index (Phi) is 4.16. The van der Waals surface area contributed by atoms with Crippen LogP contribution in [0.3, 0.4) is 0 Å². The summed E-state index contributed by atoms with van der Waals surface area (Å²) in [4.78, 5) is 28.4. The highest BCUT2D eigenvalue weighted by molar-refractivity contribution is 7.19. The molecule has 3 aromatic rings. The Balaban J connectivity index is 1.75. The molecule has 0 saturated heterocycles. The summed E-state index contributed by atoms with van der Waals surface area (Å²) in [6.45, 7) is 2.06. The van der Waals surface area contributed by atoms with E-state index in [2.05, 4.69) is 28.3 Å². The number of urea groups is 1. The molecule has 2 heterocycles. The van der Waals surface area contributed by atoms with E-state index < -0.39 is 0 Å². The maximum absolute atomic E-state index is 11.9. The van der Waals surface area contributed by atoms with Gasteiger partial charge in [0.05, 0.1) is 16.3 Å². The van der Waals surface area contributed by atoms with Crippen molar-refractivity contribution in [1.29, 1.82) is 0 Å². The molecule has 0 atom stereocenters. The van der Waals surface area contributed by atoms with E-state index in [1.54, 1.807) is 14.1 Å². The van der Waals surface area contributed by atoms with Crippen LogP contribution in [0.2, 0.25) is 0 Å². The number of aromatic nitrogens is 3. The van der Waals surface area contributed by atoms with Gasteiger partial charge in [-0.3, -0.25) is 5.32 Å². The van der Waals surface area contributed by atoms with E-state index in [0.717, 1.165) is 51.6 Å². The number of carbonyl (C=O) groups is 1. The van der Waals surface area contributed by atoms with Crippen LogP contribution < -0.4 is 5.32 Å². The molecule has 1 aromatic carbocycles. The molecule has 1 aliphatic carbocycles. The minimum atomic E-state index is -0.181. The summed E-state index contributed by atoms with van der Waals surface area (Å²) in [5, 5.41) is 3.44. The summed E-state index contributed by atoms with van der Waals surface area (Å²) in [6, 6.07) is 7.93. The highest BCUT2D eigenvalue weighted by Gasteiger charge is 2.24. The fourth-order valence-corrected chi connectivity index (χ4v) is 3.98. The molecule has 0 unspecified atom stereocenters. The first kappa shape index (κ1) is 16.7. The number of rotatable bonds is 2. The van der Waals surface area contributed by atoms with Crippen molar-refractivity contribution < 1.29 is 4.79 Å². The van der Waals surface area contributed by atoms with Crippen molar-refractivity contribution in [2.45, 2.75) is 19.8 Å². The molecule has 7 heteroatoms. The second-order valence-corrected chi connectivity index (χ2v) is 7.50. The monoisotopic (exact) mass is 365 g/mol. The van der Waals surface area contributed by atoms with E-state index in [4.69, 9.17) is 4.98 Å². The van der Waals surface area contributed by atoms with E-state index in [1.165, 1.54) is 16.2 Å². The Morgan fingerprint density at radius 2 is 2.00 bits per heavy atom. The molecule has 0 saturated carbocycles.